The van der Waals surface area contributed by atoms with Crippen molar-refractivity contribution in [2.24, 2.45) is 0 Å². The molecule has 0 radical (unpaired) electrons. The number of nitro groups is 1. The Balaban J connectivity index is 2.01. The third kappa shape index (κ3) is 4.28. The lowest BCUT2D eigenvalue weighted by atomic mass is 10.1. The number of amides is 1. The van der Waals surface area contributed by atoms with Crippen LogP contribution in [0.1, 0.15) is 18.1 Å². The Morgan fingerprint density at radius 1 is 1.23 bits per heavy atom. The molecule has 0 spiro atoms. The number of nitrogens with one attached hydrogen (secondary N) is 1. The van der Waals surface area contributed by atoms with Crippen molar-refractivity contribution >= 4 is 23.4 Å². The van der Waals surface area contributed by atoms with Gasteiger partial charge in [-0.2, -0.15) is 0 Å². The van der Waals surface area contributed by atoms with E-state index in [-0.39, 0.29) is 11.6 Å². The zero-order valence-corrected chi connectivity index (χ0v) is 12.2. The van der Waals surface area contributed by atoms with Crippen LogP contribution in [0.5, 0.6) is 0 Å². The predicted octanol–water partition coefficient (Wildman–Crippen LogP) is 3.81. The van der Waals surface area contributed by atoms with E-state index in [9.17, 15) is 14.9 Å². The molecule has 0 aliphatic carbocycles. The fourth-order valence-electron chi connectivity index (χ4n) is 1.92. The summed E-state index contributed by atoms with van der Waals surface area (Å²) >= 11 is 0. The third-order valence-electron chi connectivity index (χ3n) is 3.14. The Kier molecular flexibility index (Phi) is 5.03. The van der Waals surface area contributed by atoms with Crippen molar-refractivity contribution in [3.8, 4) is 0 Å². The minimum atomic E-state index is -0.466. The molecule has 1 N–H and O–H groups in total. The Morgan fingerprint density at radius 3 is 2.59 bits per heavy atom. The molecule has 0 aliphatic heterocycles. The van der Waals surface area contributed by atoms with Crippen molar-refractivity contribution in [3.63, 3.8) is 0 Å². The van der Waals surface area contributed by atoms with Gasteiger partial charge in [-0.15, -0.1) is 0 Å². The lowest BCUT2D eigenvalue weighted by molar-refractivity contribution is -0.384. The summed E-state index contributed by atoms with van der Waals surface area (Å²) in [5.41, 5.74) is 2.51. The third-order valence-corrected chi connectivity index (χ3v) is 3.14. The monoisotopic (exact) mass is 296 g/mol. The smallest absolute Gasteiger partial charge is 0.270 e. The van der Waals surface area contributed by atoms with E-state index in [1.807, 2.05) is 24.3 Å². The first kappa shape index (κ1) is 15.4. The molecule has 112 valence electrons. The SMILES string of the molecule is CCc1ccc(NC(=O)/C=C/c2cccc([N+](=O)[O-])c2)cc1. The molecule has 5 heteroatoms. The van der Waals surface area contributed by atoms with Gasteiger partial charge < -0.3 is 5.32 Å². The summed E-state index contributed by atoms with van der Waals surface area (Å²) in [6, 6.07) is 13.7. The van der Waals surface area contributed by atoms with Gasteiger partial charge in [0.1, 0.15) is 0 Å². The maximum atomic E-state index is 11.8. The maximum Gasteiger partial charge on any atom is 0.270 e. The second-order valence-corrected chi connectivity index (χ2v) is 4.73. The van der Waals surface area contributed by atoms with Crippen LogP contribution in [-0.4, -0.2) is 10.8 Å². The summed E-state index contributed by atoms with van der Waals surface area (Å²) in [4.78, 5) is 22.0. The Bertz CT molecular complexity index is 706. The average Bonchev–Trinajstić information content (AvgIpc) is 2.54. The second kappa shape index (κ2) is 7.17. The van der Waals surface area contributed by atoms with Gasteiger partial charge in [0, 0.05) is 23.9 Å². The van der Waals surface area contributed by atoms with Crippen LogP contribution in [0.2, 0.25) is 0 Å². The number of nitro benzene ring substituents is 1. The lowest BCUT2D eigenvalue weighted by Crippen LogP contribution is -2.07. The maximum absolute atomic E-state index is 11.8. The van der Waals surface area contributed by atoms with Crippen molar-refractivity contribution in [1.29, 1.82) is 0 Å². The van der Waals surface area contributed by atoms with Gasteiger partial charge in [0.2, 0.25) is 5.91 Å². The minimum Gasteiger partial charge on any atom is -0.323 e. The zero-order valence-electron chi connectivity index (χ0n) is 12.2. The van der Waals surface area contributed by atoms with Crippen LogP contribution in [0.3, 0.4) is 0 Å². The van der Waals surface area contributed by atoms with Crippen LogP contribution < -0.4 is 5.32 Å². The molecular formula is C17H16N2O3. The molecule has 1 amide bonds. The second-order valence-electron chi connectivity index (χ2n) is 4.73. The van der Waals surface area contributed by atoms with Gasteiger partial charge >= 0.3 is 0 Å². The van der Waals surface area contributed by atoms with E-state index >= 15 is 0 Å². The van der Waals surface area contributed by atoms with Crippen LogP contribution >= 0.6 is 0 Å². The van der Waals surface area contributed by atoms with E-state index in [2.05, 4.69) is 12.2 Å². The molecule has 0 saturated heterocycles. The van der Waals surface area contributed by atoms with Crippen molar-refractivity contribution in [2.75, 3.05) is 5.32 Å². The highest BCUT2D eigenvalue weighted by Gasteiger charge is 2.04. The van der Waals surface area contributed by atoms with E-state index in [1.54, 1.807) is 18.2 Å². The number of carbonyl (C=O) groups excluding carboxylic acids is 1. The van der Waals surface area contributed by atoms with Crippen LogP contribution in [0.4, 0.5) is 11.4 Å². The van der Waals surface area contributed by atoms with Gasteiger partial charge in [0.25, 0.3) is 5.69 Å². The van der Waals surface area contributed by atoms with Crippen molar-refractivity contribution in [2.45, 2.75) is 13.3 Å². The van der Waals surface area contributed by atoms with Crippen molar-refractivity contribution in [3.05, 3.63) is 75.8 Å². The van der Waals surface area contributed by atoms with E-state index < -0.39 is 4.92 Å². The first-order valence-electron chi connectivity index (χ1n) is 6.91. The summed E-state index contributed by atoms with van der Waals surface area (Å²) < 4.78 is 0. The average molecular weight is 296 g/mol. The molecule has 0 aliphatic rings. The first-order chi connectivity index (χ1) is 10.6. The van der Waals surface area contributed by atoms with Gasteiger partial charge in [0.05, 0.1) is 4.92 Å². The number of hydrogen-bond donors (Lipinski definition) is 1. The number of anilines is 1. The lowest BCUT2D eigenvalue weighted by Gasteiger charge is -2.03. The Hall–Kier alpha value is -2.95. The van der Waals surface area contributed by atoms with Crippen LogP contribution in [0, 0.1) is 10.1 Å². The topological polar surface area (TPSA) is 72.2 Å². The molecule has 0 saturated carbocycles. The summed E-state index contributed by atoms with van der Waals surface area (Å²) in [6.45, 7) is 2.06. The predicted molar refractivity (Wildman–Crippen MR) is 86.6 cm³/mol. The number of non-ortho nitro benzene ring substituents is 1. The Labute approximate surface area is 128 Å². The number of hydrogen-bond acceptors (Lipinski definition) is 3. The van der Waals surface area contributed by atoms with E-state index in [0.717, 1.165) is 6.42 Å². The van der Waals surface area contributed by atoms with Crippen molar-refractivity contribution < 1.29 is 9.72 Å². The molecule has 0 fully saturated rings. The summed E-state index contributed by atoms with van der Waals surface area (Å²) in [5.74, 6) is -0.282. The summed E-state index contributed by atoms with van der Waals surface area (Å²) in [7, 11) is 0. The van der Waals surface area contributed by atoms with Gasteiger partial charge in [-0.1, -0.05) is 31.2 Å². The molecular weight excluding hydrogens is 280 g/mol. The number of nitrogens with zero attached hydrogens (tertiary/aromatic N) is 1. The molecule has 0 heterocycles. The standard InChI is InChI=1S/C17H16N2O3/c1-2-13-6-9-15(10-7-13)18-17(20)11-8-14-4-3-5-16(12-14)19(21)22/h3-12H,2H2,1H3,(H,18,20)/b11-8+. The highest BCUT2D eigenvalue weighted by atomic mass is 16.6. The molecule has 0 unspecified atom stereocenters. The van der Waals surface area contributed by atoms with E-state index in [4.69, 9.17) is 0 Å². The summed E-state index contributed by atoms with van der Waals surface area (Å²) in [5, 5.41) is 13.4. The highest BCUT2D eigenvalue weighted by Crippen LogP contribution is 2.14. The van der Waals surface area contributed by atoms with Gasteiger partial charge in [-0.3, -0.25) is 14.9 Å². The van der Waals surface area contributed by atoms with Crippen LogP contribution in [-0.2, 0) is 11.2 Å². The molecule has 5 nitrogen and oxygen atoms in total. The molecule has 2 aromatic carbocycles. The Morgan fingerprint density at radius 2 is 1.95 bits per heavy atom. The van der Waals surface area contributed by atoms with Crippen LogP contribution in [0.25, 0.3) is 6.08 Å². The minimum absolute atomic E-state index is 0.00212. The molecule has 2 rings (SSSR count). The highest BCUT2D eigenvalue weighted by molar-refractivity contribution is 6.01. The van der Waals surface area contributed by atoms with Crippen LogP contribution in [0.15, 0.2) is 54.6 Å². The first-order valence-corrected chi connectivity index (χ1v) is 6.91. The molecule has 0 aromatic heterocycles. The van der Waals surface area contributed by atoms with Crippen molar-refractivity contribution in [1.82, 2.24) is 0 Å². The van der Waals surface area contributed by atoms with Gasteiger partial charge in [-0.25, -0.2) is 0 Å². The quantitative estimate of drug-likeness (QED) is 0.518. The molecule has 2 aromatic rings. The van der Waals surface area contributed by atoms with Gasteiger partial charge in [-0.05, 0) is 35.8 Å². The number of benzene rings is 2. The number of rotatable bonds is 5. The molecule has 22 heavy (non-hydrogen) atoms. The zero-order chi connectivity index (χ0) is 15.9. The number of carbonyl (C=O) groups is 1. The van der Waals surface area contributed by atoms with E-state index in [0.29, 0.717) is 11.3 Å². The summed E-state index contributed by atoms with van der Waals surface area (Å²) in [6.07, 6.45) is 3.84. The van der Waals surface area contributed by atoms with Gasteiger partial charge in [0.15, 0.2) is 0 Å². The van der Waals surface area contributed by atoms with E-state index in [1.165, 1.54) is 23.8 Å². The largest absolute Gasteiger partial charge is 0.323 e. The fourth-order valence-corrected chi connectivity index (χ4v) is 1.92. The molecule has 0 atom stereocenters. The normalized spacial score (nSPS) is 10.6. The number of aryl methyl sites for hydroxylation is 1. The molecule has 0 bridgehead atoms. The fraction of sp³-hybridized carbons (Fsp3) is 0.118.